The van der Waals surface area contributed by atoms with Gasteiger partial charge in [-0.1, -0.05) is 50.6 Å². The van der Waals surface area contributed by atoms with Gasteiger partial charge in [-0.25, -0.2) is 0 Å². The van der Waals surface area contributed by atoms with E-state index in [2.05, 4.69) is 38.2 Å². The number of rotatable bonds is 7. The van der Waals surface area contributed by atoms with E-state index in [4.69, 9.17) is 0 Å². The van der Waals surface area contributed by atoms with E-state index in [0.29, 0.717) is 12.0 Å². The highest BCUT2D eigenvalue weighted by molar-refractivity contribution is 5.15. The van der Waals surface area contributed by atoms with Crippen molar-refractivity contribution in [3.63, 3.8) is 0 Å². The molecule has 0 saturated heterocycles. The zero-order valence-corrected chi connectivity index (χ0v) is 11.2. The quantitative estimate of drug-likeness (QED) is 0.761. The van der Waals surface area contributed by atoms with Crippen LogP contribution >= 0.6 is 0 Å². The van der Waals surface area contributed by atoms with Crippen molar-refractivity contribution in [1.82, 2.24) is 5.32 Å². The van der Waals surface area contributed by atoms with E-state index in [-0.39, 0.29) is 12.6 Å². The van der Waals surface area contributed by atoms with Crippen LogP contribution < -0.4 is 5.32 Å². The molecule has 0 spiro atoms. The lowest BCUT2D eigenvalue weighted by atomic mass is 9.98. The van der Waals surface area contributed by atoms with Crippen molar-refractivity contribution >= 4 is 0 Å². The smallest absolute Gasteiger partial charge is 0.0587 e. The summed E-state index contributed by atoms with van der Waals surface area (Å²) in [5, 5.41) is 12.9. The van der Waals surface area contributed by atoms with Crippen molar-refractivity contribution in [2.24, 2.45) is 5.92 Å². The van der Waals surface area contributed by atoms with Crippen LogP contribution in [0.15, 0.2) is 30.3 Å². The third kappa shape index (κ3) is 4.88. The summed E-state index contributed by atoms with van der Waals surface area (Å²) in [5.41, 5.74) is 1.27. The fraction of sp³-hybridized carbons (Fsp3) is 0.600. The summed E-state index contributed by atoms with van der Waals surface area (Å²) in [5.74, 6) is 0.639. The first-order chi connectivity index (χ1) is 8.17. The number of benzene rings is 1. The molecular weight excluding hydrogens is 210 g/mol. The molecule has 0 aliphatic heterocycles. The topological polar surface area (TPSA) is 32.3 Å². The molecule has 2 heteroatoms. The second kappa shape index (κ2) is 7.46. The first-order valence-corrected chi connectivity index (χ1v) is 6.58. The van der Waals surface area contributed by atoms with Crippen LogP contribution in [0.2, 0.25) is 0 Å². The highest BCUT2D eigenvalue weighted by atomic mass is 16.3. The Balaban J connectivity index is 2.49. The minimum Gasteiger partial charge on any atom is -0.395 e. The summed E-state index contributed by atoms with van der Waals surface area (Å²) >= 11 is 0. The standard InChI is InChI=1S/C15H25NO/c1-4-12(2)13(3)16-15(11-17)10-14-8-6-5-7-9-14/h5-9,12-13,15-17H,4,10-11H2,1-3H3/t12?,13?,15-/m1/s1. The van der Waals surface area contributed by atoms with E-state index in [0.717, 1.165) is 12.8 Å². The first-order valence-electron chi connectivity index (χ1n) is 6.58. The molecule has 2 nitrogen and oxygen atoms in total. The average Bonchev–Trinajstić information content (AvgIpc) is 2.38. The lowest BCUT2D eigenvalue weighted by Gasteiger charge is -2.25. The molecule has 0 aliphatic rings. The Bertz CT molecular complexity index is 299. The van der Waals surface area contributed by atoms with Crippen molar-refractivity contribution in [1.29, 1.82) is 0 Å². The van der Waals surface area contributed by atoms with Gasteiger partial charge in [0.05, 0.1) is 6.61 Å². The summed E-state index contributed by atoms with van der Waals surface area (Å²) in [7, 11) is 0. The number of aliphatic hydroxyl groups excluding tert-OH is 1. The minimum atomic E-state index is 0.154. The lowest BCUT2D eigenvalue weighted by molar-refractivity contribution is 0.219. The molecule has 0 aromatic heterocycles. The predicted octanol–water partition coefficient (Wildman–Crippen LogP) is 2.61. The first kappa shape index (κ1) is 14.2. The summed E-state index contributed by atoms with van der Waals surface area (Å²) in [6.45, 7) is 6.83. The van der Waals surface area contributed by atoms with Gasteiger partial charge in [0, 0.05) is 12.1 Å². The van der Waals surface area contributed by atoms with Crippen LogP contribution in [0.5, 0.6) is 0 Å². The molecule has 0 radical (unpaired) electrons. The van der Waals surface area contributed by atoms with Crippen LogP contribution in [0.4, 0.5) is 0 Å². The minimum absolute atomic E-state index is 0.154. The van der Waals surface area contributed by atoms with Crippen LogP contribution in [0, 0.1) is 5.92 Å². The Kier molecular flexibility index (Phi) is 6.23. The molecule has 1 aromatic rings. The summed E-state index contributed by atoms with van der Waals surface area (Å²) in [6, 6.07) is 10.9. The Labute approximate surface area is 105 Å². The molecule has 1 aromatic carbocycles. The van der Waals surface area contributed by atoms with Crippen LogP contribution in [0.25, 0.3) is 0 Å². The number of hydrogen-bond donors (Lipinski definition) is 2. The molecule has 0 saturated carbocycles. The van der Waals surface area contributed by atoms with Crippen molar-refractivity contribution in [3.05, 3.63) is 35.9 Å². The highest BCUT2D eigenvalue weighted by Crippen LogP contribution is 2.09. The molecule has 0 fully saturated rings. The van der Waals surface area contributed by atoms with Crippen LogP contribution in [-0.2, 0) is 6.42 Å². The second-order valence-electron chi connectivity index (χ2n) is 4.91. The fourth-order valence-electron chi connectivity index (χ4n) is 1.96. The number of hydrogen-bond acceptors (Lipinski definition) is 2. The van der Waals surface area contributed by atoms with Crippen LogP contribution in [0.3, 0.4) is 0 Å². The van der Waals surface area contributed by atoms with Crippen LogP contribution in [-0.4, -0.2) is 23.8 Å². The van der Waals surface area contributed by atoms with Gasteiger partial charge >= 0.3 is 0 Å². The second-order valence-corrected chi connectivity index (χ2v) is 4.91. The maximum atomic E-state index is 9.43. The maximum Gasteiger partial charge on any atom is 0.0587 e. The SMILES string of the molecule is CCC(C)C(C)N[C@@H](CO)Cc1ccccc1. The normalized spacial score (nSPS) is 16.5. The van der Waals surface area contributed by atoms with Crippen molar-refractivity contribution in [2.45, 2.75) is 45.7 Å². The van der Waals surface area contributed by atoms with E-state index in [1.54, 1.807) is 0 Å². The van der Waals surface area contributed by atoms with Gasteiger partial charge in [-0.2, -0.15) is 0 Å². The van der Waals surface area contributed by atoms with Gasteiger partial charge < -0.3 is 10.4 Å². The van der Waals surface area contributed by atoms with Crippen molar-refractivity contribution in [2.75, 3.05) is 6.61 Å². The zero-order chi connectivity index (χ0) is 12.7. The molecule has 0 heterocycles. The molecular formula is C15H25NO. The fourth-order valence-corrected chi connectivity index (χ4v) is 1.96. The van der Waals surface area contributed by atoms with Gasteiger partial charge in [-0.15, -0.1) is 0 Å². The third-order valence-electron chi connectivity index (χ3n) is 3.54. The van der Waals surface area contributed by atoms with E-state index in [9.17, 15) is 5.11 Å². The van der Waals surface area contributed by atoms with Gasteiger partial charge in [0.15, 0.2) is 0 Å². The largest absolute Gasteiger partial charge is 0.395 e. The van der Waals surface area contributed by atoms with E-state index in [1.807, 2.05) is 18.2 Å². The molecule has 17 heavy (non-hydrogen) atoms. The zero-order valence-electron chi connectivity index (χ0n) is 11.2. The summed E-state index contributed by atoms with van der Waals surface area (Å²) in [4.78, 5) is 0. The summed E-state index contributed by atoms with van der Waals surface area (Å²) in [6.07, 6.45) is 2.05. The van der Waals surface area contributed by atoms with Crippen LogP contribution in [0.1, 0.15) is 32.8 Å². The van der Waals surface area contributed by atoms with Gasteiger partial charge in [0.1, 0.15) is 0 Å². The predicted molar refractivity (Wildman–Crippen MR) is 73.1 cm³/mol. The van der Waals surface area contributed by atoms with Gasteiger partial charge in [-0.3, -0.25) is 0 Å². The Morgan fingerprint density at radius 2 is 1.82 bits per heavy atom. The third-order valence-corrected chi connectivity index (χ3v) is 3.54. The molecule has 0 bridgehead atoms. The molecule has 0 aliphatic carbocycles. The molecule has 2 unspecified atom stereocenters. The van der Waals surface area contributed by atoms with Gasteiger partial charge in [0.2, 0.25) is 0 Å². The van der Waals surface area contributed by atoms with E-state index in [1.165, 1.54) is 5.56 Å². The Hall–Kier alpha value is -0.860. The molecule has 3 atom stereocenters. The van der Waals surface area contributed by atoms with Gasteiger partial charge in [0.25, 0.3) is 0 Å². The van der Waals surface area contributed by atoms with Crippen molar-refractivity contribution in [3.8, 4) is 0 Å². The molecule has 1 rings (SSSR count). The average molecular weight is 235 g/mol. The molecule has 96 valence electrons. The maximum absolute atomic E-state index is 9.43. The molecule has 0 amide bonds. The molecule has 2 N–H and O–H groups in total. The Morgan fingerprint density at radius 3 is 2.35 bits per heavy atom. The van der Waals surface area contributed by atoms with E-state index < -0.39 is 0 Å². The number of nitrogens with one attached hydrogen (secondary N) is 1. The highest BCUT2D eigenvalue weighted by Gasteiger charge is 2.15. The van der Waals surface area contributed by atoms with E-state index >= 15 is 0 Å². The van der Waals surface area contributed by atoms with Gasteiger partial charge in [-0.05, 0) is 24.8 Å². The lowest BCUT2D eigenvalue weighted by Crippen LogP contribution is -2.43. The Morgan fingerprint density at radius 1 is 1.18 bits per heavy atom. The summed E-state index contributed by atoms with van der Waals surface area (Å²) < 4.78 is 0. The monoisotopic (exact) mass is 235 g/mol. The van der Waals surface area contributed by atoms with Crippen molar-refractivity contribution < 1.29 is 5.11 Å². The number of aliphatic hydroxyl groups is 1.